The van der Waals surface area contributed by atoms with Gasteiger partial charge in [-0.1, -0.05) is 47.5 Å². The largest absolute Gasteiger partial charge is 0.469 e. The van der Waals surface area contributed by atoms with Crippen molar-refractivity contribution in [2.24, 2.45) is 24.9 Å². The molecule has 4 aliphatic rings. The van der Waals surface area contributed by atoms with Gasteiger partial charge in [0.15, 0.2) is 11.6 Å². The Bertz CT molecular complexity index is 2460. The number of carbonyl (C=O) groups is 4. The predicted octanol–water partition coefficient (Wildman–Crippen LogP) is 8.37. The van der Waals surface area contributed by atoms with Crippen LogP contribution in [0.2, 0.25) is 10.0 Å². The zero-order valence-electron chi connectivity index (χ0n) is 37.9. The first-order valence-corrected chi connectivity index (χ1v) is 23.3. The van der Waals surface area contributed by atoms with E-state index in [1.54, 1.807) is 24.3 Å². The Morgan fingerprint density at radius 1 is 0.750 bits per heavy atom. The second-order valence-corrected chi connectivity index (χ2v) is 20.1. The lowest BCUT2D eigenvalue weighted by molar-refractivity contribution is -0.155. The van der Waals surface area contributed by atoms with Gasteiger partial charge in [0.1, 0.15) is 5.60 Å². The van der Waals surface area contributed by atoms with E-state index in [1.807, 2.05) is 56.1 Å². The fourth-order valence-electron chi connectivity index (χ4n) is 10.5. The second kappa shape index (κ2) is 18.3. The molecule has 4 aromatic rings. The number of rotatable bonds is 14. The molecule has 64 heavy (non-hydrogen) atoms. The minimum Gasteiger partial charge on any atom is -0.469 e. The van der Waals surface area contributed by atoms with Crippen molar-refractivity contribution in [3.8, 4) is 11.1 Å². The van der Waals surface area contributed by atoms with E-state index < -0.39 is 5.60 Å². The number of carbonyl (C=O) groups excluding carboxylic acids is 4. The van der Waals surface area contributed by atoms with E-state index in [0.717, 1.165) is 113 Å². The molecule has 0 radical (unpaired) electrons. The number of nitrogens with zero attached hydrogens (tertiary/aromatic N) is 6. The molecule has 16 heteroatoms. The van der Waals surface area contributed by atoms with Crippen molar-refractivity contribution in [3.05, 3.63) is 80.9 Å². The summed E-state index contributed by atoms with van der Waals surface area (Å²) in [5.74, 6) is -0.386. The quantitative estimate of drug-likeness (QED) is 0.0933. The van der Waals surface area contributed by atoms with Crippen molar-refractivity contribution in [3.63, 3.8) is 0 Å². The molecule has 2 bridgehead atoms. The third-order valence-corrected chi connectivity index (χ3v) is 14.8. The third-order valence-electron chi connectivity index (χ3n) is 13.9. The SMILES string of the molecule is COC(=O)C12CCC(CCN3CCc4c(nc(C(=O)Nc5cccc(-c6cccc(NC(=O)c7nc8c(n7C)CCN(CCCCC(=O)OC(C)(C)C)C8)c6Cl)c5Cl)n4C)C3)(CC1)C2. The number of anilines is 2. The highest BCUT2D eigenvalue weighted by atomic mass is 35.5. The van der Waals surface area contributed by atoms with Gasteiger partial charge in [-0.05, 0) is 103 Å². The lowest BCUT2D eigenvalue weighted by Crippen LogP contribution is -2.34. The number of esters is 2. The number of nitrogens with one attached hydrogen (secondary N) is 2. The van der Waals surface area contributed by atoms with Crippen LogP contribution in [0.4, 0.5) is 11.4 Å². The first-order valence-electron chi connectivity index (χ1n) is 22.5. The minimum absolute atomic E-state index is 0.0448. The molecule has 8 rings (SSSR count). The number of hydrogen-bond acceptors (Lipinski definition) is 10. The van der Waals surface area contributed by atoms with E-state index in [9.17, 15) is 19.2 Å². The molecular weight excluding hydrogens is 855 g/mol. The predicted molar refractivity (Wildman–Crippen MR) is 246 cm³/mol. The van der Waals surface area contributed by atoms with Crippen LogP contribution >= 0.6 is 23.2 Å². The molecule has 2 amide bonds. The maximum Gasteiger partial charge on any atom is 0.311 e. The standard InChI is InChI=1S/C48H60Cl2N8O6/c1-46(2,3)64-38(59)15-7-8-23-57-24-16-36-34(27-57)51-41(55(36)4)43(60)53-32-13-9-11-30(39(32)49)31-12-10-14-33(40(31)50)54-44(61)42-52-35-28-58(25-17-37(35)56(42)5)26-22-47-18-20-48(29-47,21-19-47)45(62)63-6/h9-14H,7-8,15-29H2,1-6H3,(H,53,60)(H,54,61). The number of aromatic nitrogens is 4. The van der Waals surface area contributed by atoms with E-state index >= 15 is 0 Å². The molecule has 2 aliphatic heterocycles. The molecule has 2 saturated carbocycles. The van der Waals surface area contributed by atoms with Crippen molar-refractivity contribution < 1.29 is 28.7 Å². The lowest BCUT2D eigenvalue weighted by Gasteiger charge is -2.32. The first kappa shape index (κ1) is 45.8. The zero-order valence-corrected chi connectivity index (χ0v) is 39.4. The molecule has 14 nitrogen and oxygen atoms in total. The van der Waals surface area contributed by atoms with E-state index in [4.69, 9.17) is 42.6 Å². The minimum atomic E-state index is -0.485. The molecule has 2 fully saturated rings. The first-order chi connectivity index (χ1) is 30.5. The highest BCUT2D eigenvalue weighted by molar-refractivity contribution is 6.40. The van der Waals surface area contributed by atoms with Crippen molar-refractivity contribution in [1.29, 1.82) is 0 Å². The molecule has 2 aromatic heterocycles. The second-order valence-electron chi connectivity index (χ2n) is 19.3. The maximum absolute atomic E-state index is 13.8. The van der Waals surface area contributed by atoms with Crippen molar-refractivity contribution in [2.75, 3.05) is 43.9 Å². The molecular formula is C48H60Cl2N8O6. The van der Waals surface area contributed by atoms with Crippen LogP contribution in [0.1, 0.15) is 123 Å². The van der Waals surface area contributed by atoms with Crippen LogP contribution in [-0.2, 0) is 59.1 Å². The van der Waals surface area contributed by atoms with E-state index in [-0.39, 0.29) is 40.4 Å². The van der Waals surface area contributed by atoms with Gasteiger partial charge in [-0.2, -0.15) is 0 Å². The lowest BCUT2D eigenvalue weighted by atomic mass is 9.80. The normalized spacial score (nSPS) is 20.8. The van der Waals surface area contributed by atoms with E-state index in [2.05, 4.69) is 20.4 Å². The van der Waals surface area contributed by atoms with Crippen LogP contribution in [0.5, 0.6) is 0 Å². The summed E-state index contributed by atoms with van der Waals surface area (Å²) in [5.41, 5.74) is 5.24. The van der Waals surface area contributed by atoms with E-state index in [1.165, 1.54) is 7.11 Å². The monoisotopic (exact) mass is 914 g/mol. The summed E-state index contributed by atoms with van der Waals surface area (Å²) in [6, 6.07) is 10.7. The molecule has 2 aliphatic carbocycles. The summed E-state index contributed by atoms with van der Waals surface area (Å²) in [7, 11) is 5.23. The third kappa shape index (κ3) is 9.34. The van der Waals surface area contributed by atoms with Gasteiger partial charge >= 0.3 is 11.9 Å². The van der Waals surface area contributed by atoms with Gasteiger partial charge in [-0.25, -0.2) is 9.97 Å². The molecule has 0 saturated heterocycles. The zero-order chi connectivity index (χ0) is 45.6. The van der Waals surface area contributed by atoms with Crippen LogP contribution in [0.3, 0.4) is 0 Å². The molecule has 342 valence electrons. The topological polar surface area (TPSA) is 153 Å². The fraction of sp³-hybridized carbons (Fsp3) is 0.542. The van der Waals surface area contributed by atoms with Crippen LogP contribution in [0, 0.1) is 10.8 Å². The van der Waals surface area contributed by atoms with Crippen molar-refractivity contribution in [1.82, 2.24) is 28.9 Å². The summed E-state index contributed by atoms with van der Waals surface area (Å²) < 4.78 is 14.3. The molecule has 0 atom stereocenters. The number of imidazole rings is 2. The number of ether oxygens (including phenoxy) is 2. The average molecular weight is 916 g/mol. The summed E-state index contributed by atoms with van der Waals surface area (Å²) >= 11 is 14.0. The van der Waals surface area contributed by atoms with Crippen LogP contribution in [0.25, 0.3) is 11.1 Å². The fourth-order valence-corrected chi connectivity index (χ4v) is 11.1. The number of hydrogen-bond donors (Lipinski definition) is 2. The molecule has 2 N–H and O–H groups in total. The molecule has 2 aromatic carbocycles. The van der Waals surface area contributed by atoms with Gasteiger partial charge in [0.05, 0.1) is 45.3 Å². The van der Waals surface area contributed by atoms with Crippen molar-refractivity contribution in [2.45, 2.75) is 110 Å². The Morgan fingerprint density at radius 2 is 1.27 bits per heavy atom. The van der Waals surface area contributed by atoms with Crippen molar-refractivity contribution >= 4 is 58.3 Å². The van der Waals surface area contributed by atoms with E-state index in [0.29, 0.717) is 57.9 Å². The van der Waals surface area contributed by atoms with Gasteiger partial charge in [0.2, 0.25) is 0 Å². The summed E-state index contributed by atoms with van der Waals surface area (Å²) in [4.78, 5) is 66.6. The number of methoxy groups -OCH3 is 1. The average Bonchev–Trinajstić information content (AvgIpc) is 4.02. The summed E-state index contributed by atoms with van der Waals surface area (Å²) in [6.45, 7) is 10.4. The smallest absolute Gasteiger partial charge is 0.311 e. The Morgan fingerprint density at radius 3 is 1.77 bits per heavy atom. The number of fused-ring (bicyclic) bond motifs is 4. The summed E-state index contributed by atoms with van der Waals surface area (Å²) in [6.07, 6.45) is 9.49. The van der Waals surface area contributed by atoms with Gasteiger partial charge in [0.25, 0.3) is 11.8 Å². The number of unbranched alkanes of at least 4 members (excludes halogenated alkanes) is 1. The number of amides is 2. The Labute approximate surface area is 385 Å². The Kier molecular flexibility index (Phi) is 13.1. The van der Waals surface area contributed by atoms with Crippen LogP contribution in [0.15, 0.2) is 36.4 Å². The number of halogens is 2. The highest BCUT2D eigenvalue weighted by Crippen LogP contribution is 2.63. The Hall–Kier alpha value is -4.76. The molecule has 4 heterocycles. The Balaban J connectivity index is 0.883. The van der Waals surface area contributed by atoms with Gasteiger partial charge in [-0.15, -0.1) is 0 Å². The summed E-state index contributed by atoms with van der Waals surface area (Å²) in [5, 5.41) is 6.55. The van der Waals surface area contributed by atoms with Crippen LogP contribution in [-0.4, -0.2) is 91.5 Å². The van der Waals surface area contributed by atoms with Gasteiger partial charge < -0.3 is 29.2 Å². The molecule has 0 unspecified atom stereocenters. The van der Waals surface area contributed by atoms with Gasteiger partial charge in [-0.3, -0.25) is 29.0 Å². The van der Waals surface area contributed by atoms with Gasteiger partial charge in [0, 0.05) is 82.1 Å². The number of benzene rings is 2. The molecule has 0 spiro atoms. The maximum atomic E-state index is 13.8. The highest BCUT2D eigenvalue weighted by Gasteiger charge is 2.58. The van der Waals surface area contributed by atoms with Crippen LogP contribution < -0.4 is 10.6 Å².